The van der Waals surface area contributed by atoms with Crippen LogP contribution in [0.3, 0.4) is 0 Å². The number of thiazole rings is 1. The van der Waals surface area contributed by atoms with Gasteiger partial charge in [0, 0.05) is 5.38 Å². The second kappa shape index (κ2) is 4.85. The van der Waals surface area contributed by atoms with Crippen molar-refractivity contribution in [1.82, 2.24) is 10.3 Å². The number of nitrogens with one attached hydrogen (secondary N) is 1. The third-order valence-electron chi connectivity index (χ3n) is 1.64. The Kier molecular flexibility index (Phi) is 3.75. The Bertz CT molecular complexity index is 376. The number of carboxylic acid groups (broad SMARTS) is 1. The summed E-state index contributed by atoms with van der Waals surface area (Å²) in [6.45, 7) is 1.09. The molecule has 0 aliphatic rings. The smallest absolute Gasteiger partial charge is 0.328 e. The van der Waals surface area contributed by atoms with Crippen molar-refractivity contribution < 1.29 is 19.8 Å². The van der Waals surface area contributed by atoms with Gasteiger partial charge < -0.3 is 15.5 Å². The van der Waals surface area contributed by atoms with E-state index in [2.05, 4.69) is 10.3 Å². The van der Waals surface area contributed by atoms with Gasteiger partial charge in [-0.05, 0) is 6.92 Å². The molecule has 1 amide bonds. The standard InChI is InChI=1S/C8H10N2O4S/c1-4-9-6(3-15-4)7(12)10-5(2-11)8(13)14/h3,5,11H,2H2,1H3,(H,10,12)(H,13,14)/t5-/m1/s1. The van der Waals surface area contributed by atoms with Gasteiger partial charge in [-0.15, -0.1) is 11.3 Å². The van der Waals surface area contributed by atoms with E-state index in [0.717, 1.165) is 5.01 Å². The number of amides is 1. The Morgan fingerprint density at radius 1 is 1.67 bits per heavy atom. The van der Waals surface area contributed by atoms with Crippen LogP contribution in [0.2, 0.25) is 0 Å². The van der Waals surface area contributed by atoms with Crippen molar-refractivity contribution in [1.29, 1.82) is 0 Å². The third-order valence-corrected chi connectivity index (χ3v) is 2.41. The van der Waals surface area contributed by atoms with E-state index in [-0.39, 0.29) is 5.69 Å². The van der Waals surface area contributed by atoms with Gasteiger partial charge in [0.15, 0.2) is 6.04 Å². The van der Waals surface area contributed by atoms with E-state index in [4.69, 9.17) is 10.2 Å². The molecule has 1 aromatic heterocycles. The molecule has 0 fully saturated rings. The summed E-state index contributed by atoms with van der Waals surface area (Å²) in [7, 11) is 0. The van der Waals surface area contributed by atoms with Crippen molar-refractivity contribution in [3.63, 3.8) is 0 Å². The number of aliphatic hydroxyl groups excluding tert-OH is 1. The Balaban J connectivity index is 2.66. The predicted octanol–water partition coefficient (Wildman–Crippen LogP) is -0.373. The molecule has 0 bridgehead atoms. The lowest BCUT2D eigenvalue weighted by molar-refractivity contribution is -0.140. The minimum atomic E-state index is -1.29. The minimum absolute atomic E-state index is 0.164. The Labute approximate surface area is 89.6 Å². The molecule has 0 aromatic carbocycles. The minimum Gasteiger partial charge on any atom is -0.480 e. The Morgan fingerprint density at radius 3 is 2.73 bits per heavy atom. The molecule has 0 aliphatic carbocycles. The molecule has 0 unspecified atom stereocenters. The monoisotopic (exact) mass is 230 g/mol. The first kappa shape index (κ1) is 11.6. The lowest BCUT2D eigenvalue weighted by atomic mass is 10.3. The summed E-state index contributed by atoms with van der Waals surface area (Å²) in [6, 6.07) is -1.29. The fourth-order valence-corrected chi connectivity index (χ4v) is 1.48. The molecule has 15 heavy (non-hydrogen) atoms. The summed E-state index contributed by atoms with van der Waals surface area (Å²) in [5, 5.41) is 21.7. The fraction of sp³-hybridized carbons (Fsp3) is 0.375. The quantitative estimate of drug-likeness (QED) is 0.655. The molecule has 3 N–H and O–H groups in total. The molecular weight excluding hydrogens is 220 g/mol. The fourth-order valence-electron chi connectivity index (χ4n) is 0.885. The van der Waals surface area contributed by atoms with Crippen LogP contribution in [-0.4, -0.2) is 39.7 Å². The number of carbonyl (C=O) groups is 2. The van der Waals surface area contributed by atoms with E-state index in [1.807, 2.05) is 0 Å². The van der Waals surface area contributed by atoms with Crippen LogP contribution >= 0.6 is 11.3 Å². The number of hydrogen-bond donors (Lipinski definition) is 3. The SMILES string of the molecule is Cc1nc(C(=O)N[C@H](CO)C(=O)O)cs1. The molecule has 7 heteroatoms. The van der Waals surface area contributed by atoms with Crippen molar-refractivity contribution >= 4 is 23.2 Å². The lowest BCUT2D eigenvalue weighted by Gasteiger charge is -2.09. The predicted molar refractivity (Wildman–Crippen MR) is 52.8 cm³/mol. The Hall–Kier alpha value is -1.47. The van der Waals surface area contributed by atoms with Gasteiger partial charge in [-0.3, -0.25) is 4.79 Å². The molecule has 0 spiro atoms. The number of nitrogens with zero attached hydrogens (tertiary/aromatic N) is 1. The number of aryl methyl sites for hydroxylation is 1. The number of hydrogen-bond acceptors (Lipinski definition) is 5. The second-order valence-electron chi connectivity index (χ2n) is 2.80. The van der Waals surface area contributed by atoms with Crippen molar-refractivity contribution in [3.05, 3.63) is 16.1 Å². The topological polar surface area (TPSA) is 99.5 Å². The maximum absolute atomic E-state index is 11.4. The zero-order chi connectivity index (χ0) is 11.4. The zero-order valence-corrected chi connectivity index (χ0v) is 8.74. The highest BCUT2D eigenvalue weighted by atomic mass is 32.1. The van der Waals surface area contributed by atoms with Gasteiger partial charge in [0.05, 0.1) is 11.6 Å². The number of aliphatic carboxylic acids is 1. The first-order valence-electron chi connectivity index (χ1n) is 4.11. The summed E-state index contributed by atoms with van der Waals surface area (Å²) in [5.74, 6) is -1.88. The van der Waals surface area contributed by atoms with E-state index in [9.17, 15) is 9.59 Å². The van der Waals surface area contributed by atoms with E-state index < -0.39 is 24.5 Å². The van der Waals surface area contributed by atoms with Gasteiger partial charge in [-0.2, -0.15) is 0 Å². The van der Waals surface area contributed by atoms with Crippen LogP contribution in [0.1, 0.15) is 15.5 Å². The average molecular weight is 230 g/mol. The first-order chi connectivity index (χ1) is 7.04. The van der Waals surface area contributed by atoms with Crippen LogP contribution in [0, 0.1) is 6.92 Å². The van der Waals surface area contributed by atoms with Crippen LogP contribution in [0.15, 0.2) is 5.38 Å². The van der Waals surface area contributed by atoms with Crippen LogP contribution in [0.4, 0.5) is 0 Å². The van der Waals surface area contributed by atoms with Crippen LogP contribution in [0.25, 0.3) is 0 Å². The van der Waals surface area contributed by atoms with Gasteiger partial charge in [0.25, 0.3) is 5.91 Å². The maximum Gasteiger partial charge on any atom is 0.328 e. The van der Waals surface area contributed by atoms with Gasteiger partial charge in [0.1, 0.15) is 5.69 Å². The van der Waals surface area contributed by atoms with Gasteiger partial charge >= 0.3 is 5.97 Å². The van der Waals surface area contributed by atoms with Gasteiger partial charge in [-0.25, -0.2) is 9.78 Å². The van der Waals surface area contributed by atoms with E-state index in [1.165, 1.54) is 16.7 Å². The highest BCUT2D eigenvalue weighted by Gasteiger charge is 2.20. The molecule has 1 aromatic rings. The zero-order valence-electron chi connectivity index (χ0n) is 7.93. The summed E-state index contributed by atoms with van der Waals surface area (Å²) in [5.41, 5.74) is 0.164. The van der Waals surface area contributed by atoms with Crippen LogP contribution in [-0.2, 0) is 4.79 Å². The number of carbonyl (C=O) groups excluding carboxylic acids is 1. The number of aliphatic hydroxyl groups is 1. The molecule has 1 atom stereocenters. The van der Waals surface area contributed by atoms with Gasteiger partial charge in [0.2, 0.25) is 0 Å². The normalized spacial score (nSPS) is 12.1. The highest BCUT2D eigenvalue weighted by molar-refractivity contribution is 7.09. The maximum atomic E-state index is 11.4. The Morgan fingerprint density at radius 2 is 2.33 bits per heavy atom. The molecule has 1 heterocycles. The molecule has 0 radical (unpaired) electrons. The summed E-state index contributed by atoms with van der Waals surface area (Å²) in [6.07, 6.45) is 0. The van der Waals surface area contributed by atoms with E-state index in [1.54, 1.807) is 6.92 Å². The van der Waals surface area contributed by atoms with E-state index in [0.29, 0.717) is 0 Å². The summed E-state index contributed by atoms with van der Waals surface area (Å²) < 4.78 is 0. The summed E-state index contributed by atoms with van der Waals surface area (Å²) >= 11 is 1.29. The second-order valence-corrected chi connectivity index (χ2v) is 3.86. The average Bonchev–Trinajstić information content (AvgIpc) is 2.60. The lowest BCUT2D eigenvalue weighted by Crippen LogP contribution is -2.43. The van der Waals surface area contributed by atoms with Crippen molar-refractivity contribution in [2.24, 2.45) is 0 Å². The number of aromatic nitrogens is 1. The number of carboxylic acids is 1. The molecule has 0 saturated carbocycles. The third kappa shape index (κ3) is 3.00. The van der Waals surface area contributed by atoms with Crippen LogP contribution in [0.5, 0.6) is 0 Å². The summed E-state index contributed by atoms with van der Waals surface area (Å²) in [4.78, 5) is 25.8. The molecule has 6 nitrogen and oxygen atoms in total. The van der Waals surface area contributed by atoms with Crippen molar-refractivity contribution in [3.8, 4) is 0 Å². The molecule has 1 rings (SSSR count). The molecular formula is C8H10N2O4S. The van der Waals surface area contributed by atoms with E-state index >= 15 is 0 Å². The highest BCUT2D eigenvalue weighted by Crippen LogP contribution is 2.07. The molecule has 0 aliphatic heterocycles. The van der Waals surface area contributed by atoms with Crippen molar-refractivity contribution in [2.45, 2.75) is 13.0 Å². The largest absolute Gasteiger partial charge is 0.480 e. The number of rotatable bonds is 4. The molecule has 82 valence electrons. The first-order valence-corrected chi connectivity index (χ1v) is 4.99. The van der Waals surface area contributed by atoms with Crippen molar-refractivity contribution in [2.75, 3.05) is 6.61 Å². The van der Waals surface area contributed by atoms with Crippen LogP contribution < -0.4 is 5.32 Å². The molecule has 0 saturated heterocycles. The van der Waals surface area contributed by atoms with Gasteiger partial charge in [-0.1, -0.05) is 0 Å².